The third-order valence-corrected chi connectivity index (χ3v) is 4.46. The molecule has 0 saturated carbocycles. The van der Waals surface area contributed by atoms with E-state index in [9.17, 15) is 18.0 Å². The Balaban J connectivity index is 2.00. The van der Waals surface area contributed by atoms with E-state index in [0.717, 1.165) is 25.9 Å². The molecule has 2 heterocycles. The number of hydrogen-bond donors (Lipinski definition) is 1. The molecule has 0 spiro atoms. The van der Waals surface area contributed by atoms with Crippen LogP contribution in [0.2, 0.25) is 5.15 Å². The lowest BCUT2D eigenvalue weighted by Crippen LogP contribution is -2.49. The third kappa shape index (κ3) is 5.44. The number of nitrogens with one attached hydrogen (secondary N) is 1. The van der Waals surface area contributed by atoms with Crippen LogP contribution in [0.3, 0.4) is 0 Å². The molecule has 6 nitrogen and oxygen atoms in total. The van der Waals surface area contributed by atoms with Gasteiger partial charge in [-0.05, 0) is 52.9 Å². The number of halogens is 4. The highest BCUT2D eigenvalue weighted by Gasteiger charge is 2.38. The van der Waals surface area contributed by atoms with Crippen LogP contribution in [0, 0.1) is 5.41 Å². The van der Waals surface area contributed by atoms with Gasteiger partial charge >= 0.3 is 6.18 Å². The zero-order chi connectivity index (χ0) is 19.5. The van der Waals surface area contributed by atoms with Crippen LogP contribution in [0.1, 0.15) is 32.3 Å². The molecule has 1 amide bonds. The van der Waals surface area contributed by atoms with Crippen molar-refractivity contribution >= 4 is 17.5 Å². The lowest BCUT2D eigenvalue weighted by Gasteiger charge is -2.32. The summed E-state index contributed by atoms with van der Waals surface area (Å²) in [5, 5.41) is 9.31. The summed E-state index contributed by atoms with van der Waals surface area (Å²) >= 11 is 5.49. The van der Waals surface area contributed by atoms with Gasteiger partial charge in [0, 0.05) is 6.04 Å². The lowest BCUT2D eigenvalue weighted by molar-refractivity contribution is -0.140. The molecule has 1 aliphatic heterocycles. The Hall–Kier alpha value is -1.61. The van der Waals surface area contributed by atoms with E-state index < -0.39 is 23.0 Å². The number of alkyl halides is 3. The summed E-state index contributed by atoms with van der Waals surface area (Å²) < 4.78 is 44.4. The van der Waals surface area contributed by atoms with Gasteiger partial charge in [0.2, 0.25) is 11.8 Å². The molecule has 146 valence electrons. The Bertz CT molecular complexity index is 647. The van der Waals surface area contributed by atoms with Crippen LogP contribution in [-0.4, -0.2) is 53.8 Å². The minimum Gasteiger partial charge on any atom is -0.475 e. The van der Waals surface area contributed by atoms with Gasteiger partial charge in [-0.1, -0.05) is 11.6 Å². The fraction of sp³-hybridized carbons (Fsp3) is 0.688. The molecule has 1 aromatic rings. The summed E-state index contributed by atoms with van der Waals surface area (Å²) in [6.45, 7) is 4.71. The van der Waals surface area contributed by atoms with Crippen LogP contribution in [0.15, 0.2) is 6.07 Å². The summed E-state index contributed by atoms with van der Waals surface area (Å²) in [6, 6.07) is 0.703. The Morgan fingerprint density at radius 1 is 1.35 bits per heavy atom. The van der Waals surface area contributed by atoms with Crippen molar-refractivity contribution in [3.05, 3.63) is 16.8 Å². The maximum absolute atomic E-state index is 13.1. The van der Waals surface area contributed by atoms with E-state index in [1.54, 1.807) is 13.8 Å². The first-order valence-corrected chi connectivity index (χ1v) is 8.59. The molecule has 10 heteroatoms. The number of carbonyl (C=O) groups is 1. The summed E-state index contributed by atoms with van der Waals surface area (Å²) in [6.07, 6.45) is -3.02. The van der Waals surface area contributed by atoms with E-state index in [1.807, 2.05) is 7.05 Å². The fourth-order valence-corrected chi connectivity index (χ4v) is 2.66. The first-order valence-electron chi connectivity index (χ1n) is 8.22. The normalized spacial score (nSPS) is 17.2. The topological polar surface area (TPSA) is 67.4 Å². The zero-order valence-corrected chi connectivity index (χ0v) is 15.6. The largest absolute Gasteiger partial charge is 0.475 e. The Kier molecular flexibility index (Phi) is 6.33. The van der Waals surface area contributed by atoms with Gasteiger partial charge in [0.25, 0.3) is 0 Å². The number of likely N-dealkylation sites (tertiary alicyclic amines) is 1. The number of rotatable bonds is 5. The maximum Gasteiger partial charge on any atom is 0.421 e. The molecule has 2 rings (SSSR count). The van der Waals surface area contributed by atoms with Crippen molar-refractivity contribution in [1.29, 1.82) is 0 Å². The Labute approximate surface area is 155 Å². The average Bonchev–Trinajstić information content (AvgIpc) is 2.55. The highest BCUT2D eigenvalue weighted by atomic mass is 35.5. The smallest absolute Gasteiger partial charge is 0.421 e. The van der Waals surface area contributed by atoms with E-state index in [-0.39, 0.29) is 23.7 Å². The Morgan fingerprint density at radius 2 is 1.96 bits per heavy atom. The number of amides is 1. The molecule has 0 unspecified atom stereocenters. The van der Waals surface area contributed by atoms with Gasteiger partial charge < -0.3 is 15.0 Å². The monoisotopic (exact) mass is 394 g/mol. The first kappa shape index (κ1) is 20.7. The van der Waals surface area contributed by atoms with Crippen LogP contribution in [0.4, 0.5) is 13.2 Å². The fourth-order valence-electron chi connectivity index (χ4n) is 2.51. The van der Waals surface area contributed by atoms with Crippen LogP contribution in [0.5, 0.6) is 5.88 Å². The molecule has 1 aliphatic rings. The van der Waals surface area contributed by atoms with Crippen molar-refractivity contribution in [2.24, 2.45) is 5.41 Å². The van der Waals surface area contributed by atoms with Crippen molar-refractivity contribution in [3.8, 4) is 5.88 Å². The van der Waals surface area contributed by atoms with Crippen molar-refractivity contribution in [1.82, 2.24) is 20.4 Å². The van der Waals surface area contributed by atoms with E-state index in [0.29, 0.717) is 6.07 Å². The standard InChI is InChI=1S/C16H22ClF3N4O2/c1-15(2,14(25)21-10-4-6-24(3)7-5-10)9-26-13-11(16(18,19)20)8-12(17)22-23-13/h8,10H,4-7,9H2,1-3H3,(H,21,25). The van der Waals surface area contributed by atoms with Gasteiger partial charge in [-0.15, -0.1) is 10.2 Å². The average molecular weight is 395 g/mol. The van der Waals surface area contributed by atoms with Gasteiger partial charge in [0.05, 0.1) is 5.41 Å². The Morgan fingerprint density at radius 3 is 2.54 bits per heavy atom. The molecule has 0 aliphatic carbocycles. The molecule has 0 aromatic carbocycles. The number of carbonyl (C=O) groups excluding carboxylic acids is 1. The molecule has 1 saturated heterocycles. The number of hydrogen-bond acceptors (Lipinski definition) is 5. The summed E-state index contributed by atoms with van der Waals surface area (Å²) in [7, 11) is 2.02. The van der Waals surface area contributed by atoms with E-state index in [4.69, 9.17) is 16.3 Å². The summed E-state index contributed by atoms with van der Waals surface area (Å²) in [5.74, 6) is -0.968. The second kappa shape index (κ2) is 7.96. The van der Waals surface area contributed by atoms with Crippen molar-refractivity contribution in [2.45, 2.75) is 38.9 Å². The van der Waals surface area contributed by atoms with Gasteiger partial charge in [0.15, 0.2) is 5.15 Å². The maximum atomic E-state index is 13.1. The first-order chi connectivity index (χ1) is 12.0. The van der Waals surface area contributed by atoms with E-state index in [1.165, 1.54) is 0 Å². The van der Waals surface area contributed by atoms with Crippen LogP contribution in [0.25, 0.3) is 0 Å². The summed E-state index contributed by atoms with van der Waals surface area (Å²) in [4.78, 5) is 14.7. The van der Waals surface area contributed by atoms with Gasteiger partial charge in [0.1, 0.15) is 12.2 Å². The molecule has 1 fully saturated rings. The highest BCUT2D eigenvalue weighted by Crippen LogP contribution is 2.36. The molecule has 0 radical (unpaired) electrons. The number of aromatic nitrogens is 2. The van der Waals surface area contributed by atoms with Gasteiger partial charge in [-0.3, -0.25) is 4.79 Å². The molecule has 1 N–H and O–H groups in total. The second-order valence-electron chi connectivity index (χ2n) is 7.11. The number of ether oxygens (including phenoxy) is 1. The number of piperidine rings is 1. The van der Waals surface area contributed by atoms with Crippen molar-refractivity contribution in [2.75, 3.05) is 26.7 Å². The van der Waals surface area contributed by atoms with Crippen molar-refractivity contribution < 1.29 is 22.7 Å². The van der Waals surface area contributed by atoms with Crippen molar-refractivity contribution in [3.63, 3.8) is 0 Å². The molecule has 0 atom stereocenters. The third-order valence-electron chi connectivity index (χ3n) is 4.27. The minimum absolute atomic E-state index is 0.0547. The van der Waals surface area contributed by atoms with Crippen LogP contribution < -0.4 is 10.1 Å². The summed E-state index contributed by atoms with van der Waals surface area (Å²) in [5.41, 5.74) is -2.16. The van der Waals surface area contributed by atoms with Gasteiger partial charge in [-0.2, -0.15) is 13.2 Å². The van der Waals surface area contributed by atoms with E-state index in [2.05, 4.69) is 20.4 Å². The molecule has 1 aromatic heterocycles. The SMILES string of the molecule is CN1CCC(NC(=O)C(C)(C)COc2nnc(Cl)cc2C(F)(F)F)CC1. The predicted molar refractivity (Wildman–Crippen MR) is 90.0 cm³/mol. The molecule has 26 heavy (non-hydrogen) atoms. The predicted octanol–water partition coefficient (Wildman–Crippen LogP) is 2.76. The van der Waals surface area contributed by atoms with E-state index >= 15 is 0 Å². The second-order valence-corrected chi connectivity index (χ2v) is 7.49. The highest BCUT2D eigenvalue weighted by molar-refractivity contribution is 6.29. The van der Waals surface area contributed by atoms with Crippen LogP contribution >= 0.6 is 11.6 Å². The molecule has 0 bridgehead atoms. The number of nitrogens with zero attached hydrogens (tertiary/aromatic N) is 3. The molecular formula is C16H22ClF3N4O2. The lowest BCUT2D eigenvalue weighted by atomic mass is 9.92. The molecular weight excluding hydrogens is 373 g/mol. The van der Waals surface area contributed by atoms with Crippen LogP contribution in [-0.2, 0) is 11.0 Å². The zero-order valence-electron chi connectivity index (χ0n) is 14.9. The van der Waals surface area contributed by atoms with Gasteiger partial charge in [-0.25, -0.2) is 0 Å². The minimum atomic E-state index is -4.69. The quantitative estimate of drug-likeness (QED) is 0.831.